The van der Waals surface area contributed by atoms with Gasteiger partial charge in [-0.1, -0.05) is 91.0 Å². The van der Waals surface area contributed by atoms with Crippen molar-refractivity contribution < 1.29 is 0 Å². The molecule has 1 heterocycles. The minimum Gasteiger partial charge on any atom is -0.329 e. The van der Waals surface area contributed by atoms with Crippen molar-refractivity contribution in [2.75, 3.05) is 13.1 Å². The van der Waals surface area contributed by atoms with Gasteiger partial charge in [0.05, 0.1) is 5.54 Å². The summed E-state index contributed by atoms with van der Waals surface area (Å²) in [5, 5.41) is 0. The fourth-order valence-corrected chi connectivity index (χ4v) is 4.56. The van der Waals surface area contributed by atoms with E-state index in [0.717, 1.165) is 13.0 Å². The highest BCUT2D eigenvalue weighted by molar-refractivity contribution is 5.50. The van der Waals surface area contributed by atoms with Crippen molar-refractivity contribution in [3.63, 3.8) is 0 Å². The van der Waals surface area contributed by atoms with E-state index in [4.69, 9.17) is 5.73 Å². The van der Waals surface area contributed by atoms with Crippen LogP contribution in [0.5, 0.6) is 0 Å². The van der Waals surface area contributed by atoms with Crippen LogP contribution in [0.4, 0.5) is 0 Å². The summed E-state index contributed by atoms with van der Waals surface area (Å²) in [6, 6.07) is 33.0. The Bertz CT molecular complexity index is 718. The summed E-state index contributed by atoms with van der Waals surface area (Å²) in [5.74, 6) is 0. The molecule has 0 amide bonds. The van der Waals surface area contributed by atoms with Crippen LogP contribution < -0.4 is 5.73 Å². The first-order valence-corrected chi connectivity index (χ1v) is 9.50. The van der Waals surface area contributed by atoms with Gasteiger partial charge in [-0.2, -0.15) is 0 Å². The Morgan fingerprint density at radius 2 is 1.15 bits per heavy atom. The number of nitrogens with two attached hydrogens (primary N) is 1. The van der Waals surface area contributed by atoms with Crippen LogP contribution in [0.15, 0.2) is 91.0 Å². The Hall–Kier alpha value is -2.42. The van der Waals surface area contributed by atoms with E-state index in [1.54, 1.807) is 0 Å². The molecule has 2 heteroatoms. The van der Waals surface area contributed by atoms with E-state index in [1.807, 2.05) is 0 Å². The Kier molecular flexibility index (Phi) is 4.87. The summed E-state index contributed by atoms with van der Waals surface area (Å²) in [5.41, 5.74) is 9.81. The van der Waals surface area contributed by atoms with Crippen molar-refractivity contribution in [1.82, 2.24) is 4.90 Å². The van der Waals surface area contributed by atoms with E-state index in [-0.39, 0.29) is 5.54 Å². The zero-order chi connectivity index (χ0) is 17.8. The fourth-order valence-electron chi connectivity index (χ4n) is 4.56. The normalized spacial score (nSPS) is 18.1. The van der Waals surface area contributed by atoms with Crippen LogP contribution in [0.2, 0.25) is 0 Å². The van der Waals surface area contributed by atoms with Gasteiger partial charge in [-0.25, -0.2) is 0 Å². The lowest BCUT2D eigenvalue weighted by Gasteiger charge is -2.46. The van der Waals surface area contributed by atoms with Crippen LogP contribution in [-0.2, 0) is 5.54 Å². The molecule has 0 saturated carbocycles. The van der Waals surface area contributed by atoms with E-state index in [9.17, 15) is 0 Å². The predicted octanol–water partition coefficient (Wildman–Crippen LogP) is 4.40. The summed E-state index contributed by atoms with van der Waals surface area (Å²) in [6.07, 6.45) is 2.35. The van der Waals surface area contributed by atoms with E-state index in [0.29, 0.717) is 12.6 Å². The molecule has 26 heavy (non-hydrogen) atoms. The van der Waals surface area contributed by atoms with Crippen molar-refractivity contribution in [3.8, 4) is 0 Å². The van der Waals surface area contributed by atoms with E-state index >= 15 is 0 Å². The smallest absolute Gasteiger partial charge is 0.0975 e. The number of hydrogen-bond acceptors (Lipinski definition) is 2. The number of rotatable bonds is 5. The molecular formula is C24H26N2. The van der Waals surface area contributed by atoms with Crippen LogP contribution in [0.1, 0.15) is 29.5 Å². The number of hydrogen-bond donors (Lipinski definition) is 1. The molecule has 0 radical (unpaired) electrons. The molecule has 1 saturated heterocycles. The maximum absolute atomic E-state index is 6.21. The average molecular weight is 342 g/mol. The summed E-state index contributed by atoms with van der Waals surface area (Å²) < 4.78 is 0. The van der Waals surface area contributed by atoms with Gasteiger partial charge in [-0.15, -0.1) is 0 Å². The molecule has 4 rings (SSSR count). The molecular weight excluding hydrogens is 316 g/mol. The van der Waals surface area contributed by atoms with Gasteiger partial charge < -0.3 is 5.73 Å². The SMILES string of the molecule is NC[C@H]1CCCN1C(c1ccccc1)(c1ccccc1)c1ccccc1. The second-order valence-electron chi connectivity index (χ2n) is 7.03. The van der Waals surface area contributed by atoms with Gasteiger partial charge in [0.15, 0.2) is 0 Å². The van der Waals surface area contributed by atoms with Gasteiger partial charge in [-0.3, -0.25) is 4.90 Å². The molecule has 3 aromatic carbocycles. The number of nitrogens with zero attached hydrogens (tertiary/aromatic N) is 1. The molecule has 132 valence electrons. The minimum absolute atomic E-state index is 0.315. The monoisotopic (exact) mass is 342 g/mol. The predicted molar refractivity (Wildman–Crippen MR) is 108 cm³/mol. The molecule has 2 nitrogen and oxygen atoms in total. The molecule has 1 atom stereocenters. The Labute approximate surface area is 156 Å². The summed E-state index contributed by atoms with van der Waals surface area (Å²) in [4.78, 5) is 2.63. The third kappa shape index (κ3) is 2.76. The first-order valence-electron chi connectivity index (χ1n) is 9.50. The minimum atomic E-state index is -0.315. The second-order valence-corrected chi connectivity index (χ2v) is 7.03. The number of benzene rings is 3. The van der Waals surface area contributed by atoms with E-state index in [2.05, 4.69) is 95.9 Å². The standard InChI is InChI=1S/C24H26N2/c25-19-23-17-10-18-26(23)24(20-11-4-1-5-12-20,21-13-6-2-7-14-21)22-15-8-3-9-16-22/h1-9,11-16,23H,10,17-19,25H2/t23-/m1/s1. The second kappa shape index (κ2) is 7.45. The van der Waals surface area contributed by atoms with Crippen molar-refractivity contribution >= 4 is 0 Å². The van der Waals surface area contributed by atoms with Gasteiger partial charge in [0.25, 0.3) is 0 Å². The molecule has 1 aliphatic heterocycles. The topological polar surface area (TPSA) is 29.3 Å². The third-order valence-electron chi connectivity index (χ3n) is 5.65. The van der Waals surface area contributed by atoms with Gasteiger partial charge in [0.1, 0.15) is 0 Å². The lowest BCUT2D eigenvalue weighted by atomic mass is 9.75. The van der Waals surface area contributed by atoms with Crippen LogP contribution in [0.25, 0.3) is 0 Å². The van der Waals surface area contributed by atoms with E-state index < -0.39 is 0 Å². The highest BCUT2D eigenvalue weighted by atomic mass is 15.3. The van der Waals surface area contributed by atoms with Crippen molar-refractivity contribution in [2.45, 2.75) is 24.4 Å². The van der Waals surface area contributed by atoms with Crippen LogP contribution in [0.3, 0.4) is 0 Å². The maximum atomic E-state index is 6.21. The fraction of sp³-hybridized carbons (Fsp3) is 0.250. The molecule has 0 aromatic heterocycles. The Balaban J connectivity index is 2.04. The highest BCUT2D eigenvalue weighted by Gasteiger charge is 2.46. The lowest BCUT2D eigenvalue weighted by Crippen LogP contribution is -2.52. The maximum Gasteiger partial charge on any atom is 0.0975 e. The van der Waals surface area contributed by atoms with Crippen molar-refractivity contribution in [3.05, 3.63) is 108 Å². The van der Waals surface area contributed by atoms with Crippen LogP contribution >= 0.6 is 0 Å². The molecule has 0 aliphatic carbocycles. The number of likely N-dealkylation sites (tertiary alicyclic amines) is 1. The van der Waals surface area contributed by atoms with Crippen molar-refractivity contribution in [1.29, 1.82) is 0 Å². The van der Waals surface area contributed by atoms with Crippen molar-refractivity contribution in [2.24, 2.45) is 5.73 Å². The first kappa shape index (κ1) is 17.0. The van der Waals surface area contributed by atoms with E-state index in [1.165, 1.54) is 23.1 Å². The highest BCUT2D eigenvalue weighted by Crippen LogP contribution is 2.45. The molecule has 2 N–H and O–H groups in total. The van der Waals surface area contributed by atoms with Crippen LogP contribution in [0, 0.1) is 0 Å². The summed E-state index contributed by atoms with van der Waals surface area (Å²) >= 11 is 0. The van der Waals surface area contributed by atoms with Gasteiger partial charge in [0, 0.05) is 19.1 Å². The lowest BCUT2D eigenvalue weighted by molar-refractivity contribution is 0.144. The molecule has 0 spiro atoms. The molecule has 1 fully saturated rings. The molecule has 0 unspecified atom stereocenters. The average Bonchev–Trinajstić information content (AvgIpc) is 3.20. The first-order chi connectivity index (χ1) is 12.9. The van der Waals surface area contributed by atoms with Gasteiger partial charge in [0.2, 0.25) is 0 Å². The summed E-state index contributed by atoms with van der Waals surface area (Å²) in [7, 11) is 0. The third-order valence-corrected chi connectivity index (χ3v) is 5.65. The zero-order valence-corrected chi connectivity index (χ0v) is 15.1. The van der Waals surface area contributed by atoms with Gasteiger partial charge in [-0.05, 0) is 29.5 Å². The molecule has 0 bridgehead atoms. The zero-order valence-electron chi connectivity index (χ0n) is 15.1. The quantitative estimate of drug-likeness (QED) is 0.696. The van der Waals surface area contributed by atoms with Gasteiger partial charge >= 0.3 is 0 Å². The summed E-state index contributed by atoms with van der Waals surface area (Å²) in [6.45, 7) is 1.74. The largest absolute Gasteiger partial charge is 0.329 e. The molecule has 3 aromatic rings. The molecule has 1 aliphatic rings. The Morgan fingerprint density at radius 1 is 0.731 bits per heavy atom. The Morgan fingerprint density at radius 3 is 1.54 bits per heavy atom. The van der Waals surface area contributed by atoms with Crippen LogP contribution in [-0.4, -0.2) is 24.0 Å².